The van der Waals surface area contributed by atoms with E-state index in [0.29, 0.717) is 12.1 Å². The van der Waals surface area contributed by atoms with Gasteiger partial charge in [-0.2, -0.15) is 0 Å². The molecule has 0 bridgehead atoms. The summed E-state index contributed by atoms with van der Waals surface area (Å²) in [5.41, 5.74) is 1.76. The molecule has 124 valence electrons. The molecule has 2 amide bonds. The van der Waals surface area contributed by atoms with Crippen LogP contribution in [0.2, 0.25) is 0 Å². The Bertz CT molecular complexity index is 582. The summed E-state index contributed by atoms with van der Waals surface area (Å²) in [6.45, 7) is 2.93. The lowest BCUT2D eigenvalue weighted by Gasteiger charge is -2.38. The van der Waals surface area contributed by atoms with Gasteiger partial charge in [0, 0.05) is 12.6 Å². The molecule has 5 nitrogen and oxygen atoms in total. The fourth-order valence-corrected chi connectivity index (χ4v) is 3.73. The van der Waals surface area contributed by atoms with Crippen LogP contribution in [0.5, 0.6) is 0 Å². The normalized spacial score (nSPS) is 26.1. The Kier molecular flexibility index (Phi) is 4.78. The second-order valence-corrected chi connectivity index (χ2v) is 6.52. The average molecular weight is 316 g/mol. The third-order valence-electron chi connectivity index (χ3n) is 4.95. The molecular formula is C18H24N2O3. The highest BCUT2D eigenvalue weighted by molar-refractivity contribution is 6.22. The minimum atomic E-state index is -0.374. The summed E-state index contributed by atoms with van der Waals surface area (Å²) in [7, 11) is 0. The Morgan fingerprint density at radius 2 is 1.91 bits per heavy atom. The van der Waals surface area contributed by atoms with Crippen molar-refractivity contribution in [2.45, 2.75) is 51.1 Å². The monoisotopic (exact) mass is 316 g/mol. The van der Waals surface area contributed by atoms with Crippen LogP contribution in [0.1, 0.15) is 37.7 Å². The van der Waals surface area contributed by atoms with E-state index in [9.17, 15) is 14.7 Å². The van der Waals surface area contributed by atoms with Gasteiger partial charge in [-0.25, -0.2) is 4.90 Å². The number of likely N-dealkylation sites (tertiary alicyclic amines) is 1. The number of anilines is 1. The predicted octanol–water partition coefficient (Wildman–Crippen LogP) is 1.86. The Morgan fingerprint density at radius 1 is 1.17 bits per heavy atom. The molecule has 0 spiro atoms. The average Bonchev–Trinajstić information content (AvgIpc) is 2.84. The van der Waals surface area contributed by atoms with Crippen molar-refractivity contribution in [1.29, 1.82) is 0 Å². The van der Waals surface area contributed by atoms with Gasteiger partial charge in [-0.05, 0) is 44.9 Å². The molecule has 2 fully saturated rings. The number of hydrogen-bond acceptors (Lipinski definition) is 4. The van der Waals surface area contributed by atoms with E-state index in [1.807, 2.05) is 31.2 Å². The lowest BCUT2D eigenvalue weighted by atomic mass is 9.97. The first-order valence-corrected chi connectivity index (χ1v) is 8.42. The van der Waals surface area contributed by atoms with Crippen LogP contribution in [0.4, 0.5) is 5.69 Å². The molecule has 2 unspecified atom stereocenters. The van der Waals surface area contributed by atoms with E-state index in [1.165, 1.54) is 4.90 Å². The van der Waals surface area contributed by atoms with Crippen molar-refractivity contribution < 1.29 is 14.7 Å². The molecule has 1 aromatic rings. The zero-order chi connectivity index (χ0) is 16.4. The maximum Gasteiger partial charge on any atom is 0.251 e. The van der Waals surface area contributed by atoms with Gasteiger partial charge in [0.05, 0.1) is 18.2 Å². The van der Waals surface area contributed by atoms with Crippen LogP contribution in [-0.2, 0) is 9.59 Å². The first-order chi connectivity index (χ1) is 11.1. The van der Waals surface area contributed by atoms with Crippen LogP contribution in [0.25, 0.3) is 0 Å². The fraction of sp³-hybridized carbons (Fsp3) is 0.556. The number of carbonyl (C=O) groups is 2. The highest BCUT2D eigenvalue weighted by Gasteiger charge is 2.44. The summed E-state index contributed by atoms with van der Waals surface area (Å²) in [6, 6.07) is 7.32. The van der Waals surface area contributed by atoms with Crippen LogP contribution in [0.15, 0.2) is 24.3 Å². The number of aliphatic hydroxyl groups excluding tert-OH is 1. The second kappa shape index (κ2) is 6.81. The number of nitrogens with zero attached hydrogens (tertiary/aromatic N) is 2. The summed E-state index contributed by atoms with van der Waals surface area (Å²) >= 11 is 0. The maximum absolute atomic E-state index is 12.9. The second-order valence-electron chi connectivity index (χ2n) is 6.52. The number of aliphatic hydroxyl groups is 1. The maximum atomic E-state index is 12.9. The minimum absolute atomic E-state index is 0.122. The van der Waals surface area contributed by atoms with Gasteiger partial charge < -0.3 is 5.11 Å². The molecular weight excluding hydrogens is 292 g/mol. The molecule has 5 heteroatoms. The number of benzene rings is 1. The number of rotatable bonds is 4. The van der Waals surface area contributed by atoms with Crippen molar-refractivity contribution in [2.75, 3.05) is 18.1 Å². The number of imide groups is 1. The molecule has 1 aromatic carbocycles. The van der Waals surface area contributed by atoms with Gasteiger partial charge in [0.25, 0.3) is 5.91 Å². The number of aryl methyl sites for hydroxylation is 1. The smallest absolute Gasteiger partial charge is 0.251 e. The van der Waals surface area contributed by atoms with Crippen molar-refractivity contribution in [2.24, 2.45) is 0 Å². The van der Waals surface area contributed by atoms with E-state index in [4.69, 9.17) is 0 Å². The topological polar surface area (TPSA) is 60.9 Å². The molecule has 23 heavy (non-hydrogen) atoms. The summed E-state index contributed by atoms with van der Waals surface area (Å²) < 4.78 is 0. The van der Waals surface area contributed by atoms with Gasteiger partial charge in [-0.1, -0.05) is 24.1 Å². The highest BCUT2D eigenvalue weighted by Crippen LogP contribution is 2.30. The van der Waals surface area contributed by atoms with Gasteiger partial charge >= 0.3 is 0 Å². The van der Waals surface area contributed by atoms with E-state index in [-0.39, 0.29) is 36.9 Å². The van der Waals surface area contributed by atoms with Crippen LogP contribution in [0, 0.1) is 6.92 Å². The zero-order valence-corrected chi connectivity index (χ0v) is 13.6. The predicted molar refractivity (Wildman–Crippen MR) is 88.1 cm³/mol. The number of hydrogen-bond donors (Lipinski definition) is 1. The SMILES string of the molecule is Cc1ccc(N2C(=O)CC(N3CCCCC3CCO)C2=O)cc1. The van der Waals surface area contributed by atoms with Gasteiger partial charge in [0.15, 0.2) is 0 Å². The van der Waals surface area contributed by atoms with Gasteiger partial charge in [0.2, 0.25) is 5.91 Å². The zero-order valence-electron chi connectivity index (χ0n) is 13.6. The Hall–Kier alpha value is -1.72. The van der Waals surface area contributed by atoms with Crippen molar-refractivity contribution in [1.82, 2.24) is 4.90 Å². The summed E-state index contributed by atoms with van der Waals surface area (Å²) in [6.07, 6.45) is 4.07. The van der Waals surface area contributed by atoms with Crippen LogP contribution >= 0.6 is 0 Å². The minimum Gasteiger partial charge on any atom is -0.396 e. The molecule has 1 N–H and O–H groups in total. The van der Waals surface area contributed by atoms with Crippen molar-refractivity contribution in [3.05, 3.63) is 29.8 Å². The van der Waals surface area contributed by atoms with Crippen molar-refractivity contribution in [3.63, 3.8) is 0 Å². The molecule has 0 aliphatic carbocycles. The number of amides is 2. The molecule has 2 heterocycles. The Balaban J connectivity index is 1.81. The molecule has 3 rings (SSSR count). The molecule has 0 radical (unpaired) electrons. The molecule has 2 aliphatic heterocycles. The molecule has 2 atom stereocenters. The van der Waals surface area contributed by atoms with Crippen LogP contribution in [0.3, 0.4) is 0 Å². The van der Waals surface area contributed by atoms with E-state index >= 15 is 0 Å². The quantitative estimate of drug-likeness (QED) is 0.862. The molecule has 0 saturated carbocycles. The summed E-state index contributed by atoms with van der Waals surface area (Å²) in [4.78, 5) is 28.7. The first kappa shape index (κ1) is 16.1. The first-order valence-electron chi connectivity index (χ1n) is 8.42. The van der Waals surface area contributed by atoms with Crippen molar-refractivity contribution in [3.8, 4) is 0 Å². The van der Waals surface area contributed by atoms with E-state index in [0.717, 1.165) is 31.4 Å². The highest BCUT2D eigenvalue weighted by atomic mass is 16.3. The van der Waals surface area contributed by atoms with Crippen LogP contribution < -0.4 is 4.90 Å². The number of piperidine rings is 1. The Labute approximate surface area is 136 Å². The molecule has 2 aliphatic rings. The molecule has 2 saturated heterocycles. The summed E-state index contributed by atoms with van der Waals surface area (Å²) in [5, 5.41) is 9.26. The third-order valence-corrected chi connectivity index (χ3v) is 4.95. The Morgan fingerprint density at radius 3 is 2.61 bits per heavy atom. The lowest BCUT2D eigenvalue weighted by Crippen LogP contribution is -2.50. The largest absolute Gasteiger partial charge is 0.396 e. The van der Waals surface area contributed by atoms with Crippen molar-refractivity contribution >= 4 is 17.5 Å². The lowest BCUT2D eigenvalue weighted by molar-refractivity contribution is -0.123. The van der Waals surface area contributed by atoms with Gasteiger partial charge in [-0.3, -0.25) is 14.5 Å². The molecule has 0 aromatic heterocycles. The standard InChI is InChI=1S/C18H24N2O3/c1-13-5-7-15(8-6-13)20-17(22)12-16(18(20)23)19-10-3-2-4-14(19)9-11-21/h5-8,14,16,21H,2-4,9-12H2,1H3. The van der Waals surface area contributed by atoms with Crippen LogP contribution in [-0.4, -0.2) is 47.1 Å². The van der Waals surface area contributed by atoms with E-state index in [1.54, 1.807) is 0 Å². The van der Waals surface area contributed by atoms with E-state index in [2.05, 4.69) is 4.90 Å². The fourth-order valence-electron chi connectivity index (χ4n) is 3.73. The number of carbonyl (C=O) groups excluding carboxylic acids is 2. The summed E-state index contributed by atoms with van der Waals surface area (Å²) in [5.74, 6) is -0.249. The van der Waals surface area contributed by atoms with Gasteiger partial charge in [0.1, 0.15) is 0 Å². The van der Waals surface area contributed by atoms with E-state index < -0.39 is 0 Å². The van der Waals surface area contributed by atoms with Gasteiger partial charge in [-0.15, -0.1) is 0 Å². The third kappa shape index (κ3) is 3.16.